The number of nitrogens with two attached hydrogens (primary N) is 1. The van der Waals surface area contributed by atoms with Crippen molar-refractivity contribution in [3.8, 4) is 5.75 Å². The first-order valence-electron chi connectivity index (χ1n) is 4.54. The predicted molar refractivity (Wildman–Crippen MR) is 57.2 cm³/mol. The fraction of sp³-hybridized carbons (Fsp3) is 0.400. The van der Waals surface area contributed by atoms with Gasteiger partial charge in [0.25, 0.3) is 0 Å². The molecule has 0 radical (unpaired) electrons. The van der Waals surface area contributed by atoms with Crippen molar-refractivity contribution in [1.29, 1.82) is 0 Å². The van der Waals surface area contributed by atoms with Crippen LogP contribution in [0.4, 0.5) is 0 Å². The van der Waals surface area contributed by atoms with Gasteiger partial charge in [0.15, 0.2) is 0 Å². The molecule has 4 heteroatoms. The number of rotatable bonds is 4. The van der Waals surface area contributed by atoms with Crippen LogP contribution in [0, 0.1) is 0 Å². The van der Waals surface area contributed by atoms with E-state index in [9.17, 15) is 0 Å². The third-order valence-electron chi connectivity index (χ3n) is 2.11. The Morgan fingerprint density at radius 2 is 2.14 bits per heavy atom. The smallest absolute Gasteiger partial charge is 0.125 e. The molecule has 76 valence electrons. The molecular formula is C10H13NO2S. The minimum Gasteiger partial charge on any atom is -0.488 e. The van der Waals surface area contributed by atoms with Crippen LogP contribution in [0.25, 0.3) is 0 Å². The highest BCUT2D eigenvalue weighted by molar-refractivity contribution is 8.00. The van der Waals surface area contributed by atoms with E-state index in [1.165, 1.54) is 0 Å². The molecule has 1 aliphatic heterocycles. The highest BCUT2D eigenvalue weighted by Gasteiger charge is 2.20. The second kappa shape index (κ2) is 4.68. The third kappa shape index (κ3) is 2.20. The van der Waals surface area contributed by atoms with Crippen molar-refractivity contribution in [3.63, 3.8) is 0 Å². The summed E-state index contributed by atoms with van der Waals surface area (Å²) >= 11 is 1.90. The summed E-state index contributed by atoms with van der Waals surface area (Å²) in [6, 6.07) is 7.84. The Morgan fingerprint density at radius 1 is 1.36 bits per heavy atom. The quantitative estimate of drug-likeness (QED) is 0.768. The first kappa shape index (κ1) is 9.83. The fourth-order valence-electron chi connectivity index (χ4n) is 1.29. The molecule has 0 saturated carbocycles. The monoisotopic (exact) mass is 211 g/mol. The van der Waals surface area contributed by atoms with Gasteiger partial charge >= 0.3 is 0 Å². The molecule has 0 spiro atoms. The van der Waals surface area contributed by atoms with Gasteiger partial charge in [-0.2, -0.15) is 11.8 Å². The molecule has 0 aliphatic carbocycles. The molecule has 1 aliphatic rings. The van der Waals surface area contributed by atoms with Crippen molar-refractivity contribution in [1.82, 2.24) is 0 Å². The van der Waals surface area contributed by atoms with Gasteiger partial charge in [0, 0.05) is 17.1 Å². The van der Waals surface area contributed by atoms with Gasteiger partial charge in [0.2, 0.25) is 0 Å². The Bertz CT molecular complexity index is 302. The van der Waals surface area contributed by atoms with Crippen LogP contribution in [-0.4, -0.2) is 17.6 Å². The molecular weight excluding hydrogens is 198 g/mol. The zero-order valence-corrected chi connectivity index (χ0v) is 8.63. The van der Waals surface area contributed by atoms with Crippen molar-refractivity contribution in [2.45, 2.75) is 12.7 Å². The van der Waals surface area contributed by atoms with Crippen LogP contribution < -0.4 is 10.6 Å². The summed E-state index contributed by atoms with van der Waals surface area (Å²) in [7, 11) is 0. The average Bonchev–Trinajstić information content (AvgIpc) is 2.14. The number of benzene rings is 1. The largest absolute Gasteiger partial charge is 0.488 e. The van der Waals surface area contributed by atoms with Gasteiger partial charge in [0.1, 0.15) is 11.9 Å². The van der Waals surface area contributed by atoms with Gasteiger partial charge in [-0.1, -0.05) is 18.2 Å². The van der Waals surface area contributed by atoms with Crippen LogP contribution in [0.1, 0.15) is 5.56 Å². The van der Waals surface area contributed by atoms with E-state index in [-0.39, 0.29) is 0 Å². The standard InChI is InChI=1S/C10H13NO2S/c11-12-5-8-3-1-2-4-10(8)13-9-6-14-7-9/h1-4,9H,5-7,11H2. The van der Waals surface area contributed by atoms with Crippen LogP contribution in [0.5, 0.6) is 5.75 Å². The molecule has 0 unspecified atom stereocenters. The minimum atomic E-state index is 0.360. The lowest BCUT2D eigenvalue weighted by Gasteiger charge is -2.26. The Kier molecular flexibility index (Phi) is 3.29. The zero-order valence-electron chi connectivity index (χ0n) is 7.81. The summed E-state index contributed by atoms with van der Waals surface area (Å²) in [5.41, 5.74) is 1.01. The average molecular weight is 211 g/mol. The van der Waals surface area contributed by atoms with Crippen molar-refractivity contribution in [2.75, 3.05) is 11.5 Å². The van der Waals surface area contributed by atoms with Gasteiger partial charge in [-0.05, 0) is 6.07 Å². The van der Waals surface area contributed by atoms with Gasteiger partial charge in [-0.15, -0.1) is 0 Å². The van der Waals surface area contributed by atoms with Gasteiger partial charge in [-0.3, -0.25) is 4.84 Å². The molecule has 1 aromatic rings. The van der Waals surface area contributed by atoms with Gasteiger partial charge < -0.3 is 4.74 Å². The number of hydrogen-bond acceptors (Lipinski definition) is 4. The summed E-state index contributed by atoms with van der Waals surface area (Å²) in [4.78, 5) is 4.62. The maximum Gasteiger partial charge on any atom is 0.125 e. The topological polar surface area (TPSA) is 44.5 Å². The first-order chi connectivity index (χ1) is 6.90. The van der Waals surface area contributed by atoms with Crippen LogP contribution >= 0.6 is 11.8 Å². The number of ether oxygens (including phenoxy) is 1. The van der Waals surface area contributed by atoms with Crippen LogP contribution in [-0.2, 0) is 11.4 Å². The molecule has 1 heterocycles. The van der Waals surface area contributed by atoms with E-state index in [0.717, 1.165) is 22.8 Å². The number of thioether (sulfide) groups is 1. The third-order valence-corrected chi connectivity index (χ3v) is 3.33. The lowest BCUT2D eigenvalue weighted by atomic mass is 10.2. The van der Waals surface area contributed by atoms with Crippen molar-refractivity contribution < 1.29 is 9.57 Å². The van der Waals surface area contributed by atoms with Crippen molar-refractivity contribution in [2.24, 2.45) is 5.90 Å². The molecule has 3 nitrogen and oxygen atoms in total. The summed E-state index contributed by atoms with van der Waals surface area (Å²) in [5, 5.41) is 0. The maximum atomic E-state index is 5.78. The first-order valence-corrected chi connectivity index (χ1v) is 5.69. The van der Waals surface area contributed by atoms with Crippen molar-refractivity contribution in [3.05, 3.63) is 29.8 Å². The molecule has 1 saturated heterocycles. The molecule has 0 bridgehead atoms. The maximum absolute atomic E-state index is 5.78. The second-order valence-electron chi connectivity index (χ2n) is 3.20. The molecule has 0 atom stereocenters. The van der Waals surface area contributed by atoms with E-state index in [0.29, 0.717) is 12.7 Å². The Labute approximate surface area is 87.5 Å². The summed E-state index contributed by atoms with van der Waals surface area (Å²) in [6.07, 6.45) is 0.360. The lowest BCUT2D eigenvalue weighted by Crippen LogP contribution is -2.31. The molecule has 2 N–H and O–H groups in total. The highest BCUT2D eigenvalue weighted by atomic mass is 32.2. The van der Waals surface area contributed by atoms with E-state index in [4.69, 9.17) is 10.6 Å². The zero-order chi connectivity index (χ0) is 9.80. The van der Waals surface area contributed by atoms with Gasteiger partial charge in [0.05, 0.1) is 6.61 Å². The molecule has 0 amide bonds. The van der Waals surface area contributed by atoms with Gasteiger partial charge in [-0.25, -0.2) is 5.90 Å². The van der Waals surface area contributed by atoms with Crippen LogP contribution in [0.15, 0.2) is 24.3 Å². The summed E-state index contributed by atoms with van der Waals surface area (Å²) < 4.78 is 5.78. The Morgan fingerprint density at radius 3 is 2.79 bits per heavy atom. The number of para-hydroxylation sites is 1. The van der Waals surface area contributed by atoms with E-state index < -0.39 is 0 Å². The van der Waals surface area contributed by atoms with E-state index in [1.54, 1.807) is 0 Å². The Balaban J connectivity index is 2.05. The fourth-order valence-corrected chi connectivity index (χ4v) is 1.85. The van der Waals surface area contributed by atoms with Crippen molar-refractivity contribution >= 4 is 11.8 Å². The number of hydrogen-bond donors (Lipinski definition) is 1. The van der Waals surface area contributed by atoms with E-state index in [2.05, 4.69) is 4.84 Å². The van der Waals surface area contributed by atoms with E-state index in [1.807, 2.05) is 36.0 Å². The predicted octanol–water partition coefficient (Wildman–Crippen LogP) is 1.57. The molecule has 0 aromatic heterocycles. The summed E-state index contributed by atoms with van der Waals surface area (Å²) in [6.45, 7) is 0.399. The SMILES string of the molecule is NOCc1ccccc1OC1CSC1. The lowest BCUT2D eigenvalue weighted by molar-refractivity contribution is 0.119. The molecule has 1 aromatic carbocycles. The molecule has 1 fully saturated rings. The normalized spacial score (nSPS) is 16.4. The van der Waals surface area contributed by atoms with E-state index >= 15 is 0 Å². The molecule has 14 heavy (non-hydrogen) atoms. The Hall–Kier alpha value is -0.710. The minimum absolute atomic E-state index is 0.360. The second-order valence-corrected chi connectivity index (χ2v) is 4.27. The highest BCUT2D eigenvalue weighted by Crippen LogP contribution is 2.26. The molecule has 2 rings (SSSR count). The summed E-state index contributed by atoms with van der Waals surface area (Å²) in [5.74, 6) is 8.10. The van der Waals surface area contributed by atoms with Crippen LogP contribution in [0.3, 0.4) is 0 Å². The van der Waals surface area contributed by atoms with Crippen LogP contribution in [0.2, 0.25) is 0 Å².